The van der Waals surface area contributed by atoms with Gasteiger partial charge in [-0.05, 0) is 6.92 Å². The second-order valence-electron chi connectivity index (χ2n) is 3.36. The Morgan fingerprint density at radius 1 is 1.00 bits per heavy atom. The predicted molar refractivity (Wildman–Crippen MR) is 55.9 cm³/mol. The highest BCUT2D eigenvalue weighted by Crippen LogP contribution is 2.12. The molecule has 0 spiro atoms. The molecule has 0 aliphatic heterocycles. The summed E-state index contributed by atoms with van der Waals surface area (Å²) in [6, 6.07) is 0. The number of aliphatic hydroxyl groups is 1. The molecule has 0 aliphatic rings. The molecule has 0 aromatic heterocycles. The largest absolute Gasteiger partial charge is 0.387 e. The van der Waals surface area contributed by atoms with Crippen molar-refractivity contribution in [3.63, 3.8) is 0 Å². The number of rotatable bonds is 8. The summed E-state index contributed by atoms with van der Waals surface area (Å²) in [5.41, 5.74) is 0. The monoisotopic (exact) mass is 222 g/mol. The van der Waals surface area contributed by atoms with E-state index in [4.69, 9.17) is 18.9 Å². The first-order valence-corrected chi connectivity index (χ1v) is 4.87. The Kier molecular flexibility index (Phi) is 7.90. The summed E-state index contributed by atoms with van der Waals surface area (Å²) in [4.78, 5) is 0. The van der Waals surface area contributed by atoms with Crippen molar-refractivity contribution in [2.24, 2.45) is 0 Å². The Labute approximate surface area is 91.3 Å². The lowest BCUT2D eigenvalue weighted by atomic mass is 10.0. The molecule has 4 atom stereocenters. The van der Waals surface area contributed by atoms with E-state index >= 15 is 0 Å². The van der Waals surface area contributed by atoms with Gasteiger partial charge >= 0.3 is 0 Å². The summed E-state index contributed by atoms with van der Waals surface area (Å²) < 4.78 is 20.4. The number of methoxy groups -OCH3 is 4. The van der Waals surface area contributed by atoms with Gasteiger partial charge in [0, 0.05) is 28.4 Å². The summed E-state index contributed by atoms with van der Waals surface area (Å²) in [6.07, 6.45) is -1.85. The summed E-state index contributed by atoms with van der Waals surface area (Å²) in [5, 5.41) is 9.99. The van der Waals surface area contributed by atoms with E-state index in [-0.39, 0.29) is 6.10 Å². The zero-order valence-electron chi connectivity index (χ0n) is 10.1. The Balaban J connectivity index is 4.38. The molecule has 5 nitrogen and oxygen atoms in total. The second kappa shape index (κ2) is 8.01. The molecular formula is C10H22O5. The van der Waals surface area contributed by atoms with E-state index in [9.17, 15) is 5.11 Å². The third-order valence-electron chi connectivity index (χ3n) is 2.46. The highest BCUT2D eigenvalue weighted by atomic mass is 16.6. The minimum absolute atomic E-state index is 0.209. The van der Waals surface area contributed by atoms with Crippen molar-refractivity contribution >= 4 is 0 Å². The number of hydrogen-bond acceptors (Lipinski definition) is 5. The smallest absolute Gasteiger partial charge is 0.111 e. The lowest BCUT2D eigenvalue weighted by molar-refractivity contribution is -0.143. The fraction of sp³-hybridized carbons (Fsp3) is 1.00. The molecule has 0 bridgehead atoms. The average Bonchev–Trinajstić information content (AvgIpc) is 2.26. The maximum Gasteiger partial charge on any atom is 0.111 e. The fourth-order valence-corrected chi connectivity index (χ4v) is 1.42. The predicted octanol–water partition coefficient (Wildman–Crippen LogP) is 0.0586. The van der Waals surface area contributed by atoms with E-state index in [0.717, 1.165) is 0 Å². The zero-order valence-corrected chi connectivity index (χ0v) is 10.1. The molecule has 0 saturated carbocycles. The van der Waals surface area contributed by atoms with Crippen LogP contribution in [0.2, 0.25) is 0 Å². The lowest BCUT2D eigenvalue weighted by Gasteiger charge is -2.30. The van der Waals surface area contributed by atoms with Crippen LogP contribution >= 0.6 is 0 Å². The molecule has 0 aliphatic carbocycles. The van der Waals surface area contributed by atoms with Crippen molar-refractivity contribution in [2.75, 3.05) is 35.0 Å². The normalized spacial score (nSPS) is 19.6. The van der Waals surface area contributed by atoms with Gasteiger partial charge < -0.3 is 24.1 Å². The summed E-state index contributed by atoms with van der Waals surface area (Å²) in [5.74, 6) is 0. The van der Waals surface area contributed by atoms with E-state index in [2.05, 4.69) is 0 Å². The van der Waals surface area contributed by atoms with Crippen molar-refractivity contribution < 1.29 is 24.1 Å². The van der Waals surface area contributed by atoms with Gasteiger partial charge in [-0.15, -0.1) is 0 Å². The summed E-state index contributed by atoms with van der Waals surface area (Å²) in [6.45, 7) is 2.14. The molecule has 0 heterocycles. The second-order valence-corrected chi connectivity index (χ2v) is 3.36. The highest BCUT2D eigenvalue weighted by molar-refractivity contribution is 4.81. The van der Waals surface area contributed by atoms with E-state index in [1.807, 2.05) is 6.92 Å². The fourth-order valence-electron chi connectivity index (χ4n) is 1.42. The van der Waals surface area contributed by atoms with Crippen molar-refractivity contribution in [1.29, 1.82) is 0 Å². The van der Waals surface area contributed by atoms with Gasteiger partial charge in [-0.2, -0.15) is 0 Å². The number of ether oxygens (including phenoxy) is 4. The molecule has 0 saturated heterocycles. The number of aliphatic hydroxyl groups excluding tert-OH is 1. The van der Waals surface area contributed by atoms with Gasteiger partial charge in [-0.1, -0.05) is 0 Å². The first-order valence-electron chi connectivity index (χ1n) is 4.87. The summed E-state index contributed by atoms with van der Waals surface area (Å²) >= 11 is 0. The zero-order chi connectivity index (χ0) is 11.8. The van der Waals surface area contributed by atoms with Crippen LogP contribution < -0.4 is 0 Å². The molecule has 0 rings (SSSR count). The SMILES string of the molecule is COC[C@@H](OC)[C@@H](O)[C@H](OC)[C@@H](C)OC. The minimum Gasteiger partial charge on any atom is -0.387 e. The quantitative estimate of drug-likeness (QED) is 0.629. The molecule has 5 heteroatoms. The minimum atomic E-state index is -0.783. The molecule has 0 unspecified atom stereocenters. The Hall–Kier alpha value is -0.200. The Morgan fingerprint density at radius 2 is 1.60 bits per heavy atom. The van der Waals surface area contributed by atoms with Crippen LogP contribution in [0.5, 0.6) is 0 Å². The van der Waals surface area contributed by atoms with Gasteiger partial charge in [0.25, 0.3) is 0 Å². The third-order valence-corrected chi connectivity index (χ3v) is 2.46. The van der Waals surface area contributed by atoms with Crippen LogP contribution in [0.4, 0.5) is 0 Å². The van der Waals surface area contributed by atoms with Gasteiger partial charge in [0.1, 0.15) is 18.3 Å². The van der Waals surface area contributed by atoms with Crippen LogP contribution in [0.15, 0.2) is 0 Å². The van der Waals surface area contributed by atoms with Crippen LogP contribution in [0.25, 0.3) is 0 Å². The highest BCUT2D eigenvalue weighted by Gasteiger charge is 2.32. The lowest BCUT2D eigenvalue weighted by Crippen LogP contribution is -2.47. The van der Waals surface area contributed by atoms with Crippen LogP contribution in [0.3, 0.4) is 0 Å². The molecule has 0 fully saturated rings. The van der Waals surface area contributed by atoms with E-state index in [0.29, 0.717) is 6.61 Å². The molecule has 15 heavy (non-hydrogen) atoms. The Morgan fingerprint density at radius 3 is 1.93 bits per heavy atom. The van der Waals surface area contributed by atoms with Crippen LogP contribution in [-0.4, -0.2) is 64.6 Å². The molecule has 0 aromatic rings. The molecule has 0 amide bonds. The van der Waals surface area contributed by atoms with E-state index in [1.54, 1.807) is 14.2 Å². The maximum atomic E-state index is 9.99. The Bertz CT molecular complexity index is 153. The molecule has 92 valence electrons. The van der Waals surface area contributed by atoms with Crippen molar-refractivity contribution in [1.82, 2.24) is 0 Å². The van der Waals surface area contributed by atoms with Crippen LogP contribution in [0.1, 0.15) is 6.92 Å². The molecule has 1 N–H and O–H groups in total. The third kappa shape index (κ3) is 4.44. The molecular weight excluding hydrogens is 200 g/mol. The molecule has 0 radical (unpaired) electrons. The molecule has 0 aromatic carbocycles. The van der Waals surface area contributed by atoms with Gasteiger partial charge in [-0.25, -0.2) is 0 Å². The summed E-state index contributed by atoms with van der Waals surface area (Å²) in [7, 11) is 6.18. The van der Waals surface area contributed by atoms with E-state index < -0.39 is 18.3 Å². The first-order chi connectivity index (χ1) is 7.12. The van der Waals surface area contributed by atoms with E-state index in [1.165, 1.54) is 14.2 Å². The van der Waals surface area contributed by atoms with Gasteiger partial charge in [-0.3, -0.25) is 0 Å². The van der Waals surface area contributed by atoms with Crippen molar-refractivity contribution in [2.45, 2.75) is 31.3 Å². The van der Waals surface area contributed by atoms with Crippen LogP contribution in [-0.2, 0) is 18.9 Å². The van der Waals surface area contributed by atoms with Gasteiger partial charge in [0.2, 0.25) is 0 Å². The van der Waals surface area contributed by atoms with Gasteiger partial charge in [0.15, 0.2) is 0 Å². The first kappa shape index (κ1) is 14.8. The van der Waals surface area contributed by atoms with Crippen molar-refractivity contribution in [3.8, 4) is 0 Å². The van der Waals surface area contributed by atoms with Gasteiger partial charge in [0.05, 0.1) is 12.7 Å². The standard InChI is InChI=1S/C10H22O5/c1-7(13-3)10(15-5)9(11)8(14-4)6-12-2/h7-11H,6H2,1-5H3/t7-,8-,9-,10-/m1/s1. The van der Waals surface area contributed by atoms with Crippen molar-refractivity contribution in [3.05, 3.63) is 0 Å². The topological polar surface area (TPSA) is 57.2 Å². The maximum absolute atomic E-state index is 9.99. The average molecular weight is 222 g/mol. The van der Waals surface area contributed by atoms with Crippen LogP contribution in [0, 0.1) is 0 Å². The number of hydrogen-bond donors (Lipinski definition) is 1.